The number of rotatable bonds is 6. The molecule has 2 amide bonds. The summed E-state index contributed by atoms with van der Waals surface area (Å²) in [6.45, 7) is 2.50. The Morgan fingerprint density at radius 1 is 1.03 bits per heavy atom. The molecule has 0 unspecified atom stereocenters. The van der Waals surface area contributed by atoms with E-state index >= 15 is 0 Å². The fourth-order valence-corrected chi connectivity index (χ4v) is 4.63. The first-order valence-electron chi connectivity index (χ1n) is 10.9. The quantitative estimate of drug-likeness (QED) is 0.562. The number of carbonyl (C=O) groups excluding carboxylic acids is 2. The van der Waals surface area contributed by atoms with Crippen molar-refractivity contribution in [1.29, 1.82) is 0 Å². The average Bonchev–Trinajstić information content (AvgIpc) is 3.22. The summed E-state index contributed by atoms with van der Waals surface area (Å²) in [5.74, 6) is 1.05. The summed E-state index contributed by atoms with van der Waals surface area (Å²) >= 11 is 1.21. The molecule has 0 spiro atoms. The molecule has 0 radical (unpaired) electrons. The highest BCUT2D eigenvalue weighted by Crippen LogP contribution is 2.37. The van der Waals surface area contributed by atoms with Gasteiger partial charge in [-0.2, -0.15) is 0 Å². The van der Waals surface area contributed by atoms with Crippen LogP contribution in [0.2, 0.25) is 0 Å². The first-order chi connectivity index (χ1) is 16.6. The predicted octanol–water partition coefficient (Wildman–Crippen LogP) is 4.79. The third-order valence-electron chi connectivity index (χ3n) is 5.37. The molecule has 0 fully saturated rings. The van der Waals surface area contributed by atoms with Crippen LogP contribution >= 0.6 is 11.8 Å². The highest BCUT2D eigenvalue weighted by molar-refractivity contribution is 8.14. The number of anilines is 1. The van der Waals surface area contributed by atoms with Gasteiger partial charge in [0.15, 0.2) is 11.2 Å². The molecule has 34 heavy (non-hydrogen) atoms. The van der Waals surface area contributed by atoms with Gasteiger partial charge >= 0.3 is 0 Å². The first kappa shape index (κ1) is 21.9. The molecule has 8 heteroatoms. The molecular weight excluding hydrogens is 448 g/mol. The summed E-state index contributed by atoms with van der Waals surface area (Å²) in [5, 5.41) is 3.32. The Labute approximate surface area is 201 Å². The van der Waals surface area contributed by atoms with Crippen molar-refractivity contribution in [2.24, 2.45) is 9.98 Å². The highest BCUT2D eigenvalue weighted by Gasteiger charge is 2.42. The number of fused-ring (bicyclic) bond motifs is 3. The van der Waals surface area contributed by atoms with Crippen LogP contribution in [0.3, 0.4) is 0 Å². The Morgan fingerprint density at radius 2 is 1.76 bits per heavy atom. The molecule has 5 rings (SSSR count). The summed E-state index contributed by atoms with van der Waals surface area (Å²) in [7, 11) is 0. The Kier molecular flexibility index (Phi) is 6.14. The summed E-state index contributed by atoms with van der Waals surface area (Å²) in [6.07, 6.45) is 0. The number of benzene rings is 3. The number of amidine groups is 2. The maximum atomic E-state index is 13.4. The number of carbonyl (C=O) groups is 2. The lowest BCUT2D eigenvalue weighted by Gasteiger charge is -2.25. The number of hydrogen-bond donors (Lipinski definition) is 1. The number of para-hydroxylation sites is 1. The van der Waals surface area contributed by atoms with Crippen molar-refractivity contribution in [3.05, 3.63) is 90.0 Å². The molecule has 2 aliphatic heterocycles. The van der Waals surface area contributed by atoms with Gasteiger partial charge in [0.2, 0.25) is 5.91 Å². The number of hydrogen-bond acceptors (Lipinski definition) is 6. The minimum Gasteiger partial charge on any atom is -0.494 e. The first-order valence-corrected chi connectivity index (χ1v) is 11.9. The molecule has 170 valence electrons. The monoisotopic (exact) mass is 470 g/mol. The molecule has 3 aromatic rings. The van der Waals surface area contributed by atoms with Crippen LogP contribution < -0.4 is 10.1 Å². The van der Waals surface area contributed by atoms with E-state index < -0.39 is 6.04 Å². The van der Waals surface area contributed by atoms with Crippen LogP contribution in [0.4, 0.5) is 11.4 Å². The lowest BCUT2D eigenvalue weighted by molar-refractivity contribution is -0.124. The molecule has 1 N–H and O–H groups in total. The fourth-order valence-electron chi connectivity index (χ4n) is 3.83. The van der Waals surface area contributed by atoms with Crippen molar-refractivity contribution in [2.45, 2.75) is 13.0 Å². The summed E-state index contributed by atoms with van der Waals surface area (Å²) in [5.41, 5.74) is 3.03. The molecule has 1 atom stereocenters. The van der Waals surface area contributed by atoms with Gasteiger partial charge in [-0.25, -0.2) is 14.9 Å². The standard InChI is InChI=1S/C26H22N4O3S/c1-2-33-19-14-12-18(13-15-19)27-22(31)16-34-26-28-21-11-7-6-10-20(21)24-29-23(25(32)30(24)26)17-8-4-3-5-9-17/h3-15,23H,2,16H2,1H3,(H,27,31)/t23-/m1/s1. The van der Waals surface area contributed by atoms with E-state index in [2.05, 4.69) is 10.3 Å². The summed E-state index contributed by atoms with van der Waals surface area (Å²) in [4.78, 5) is 37.0. The van der Waals surface area contributed by atoms with E-state index in [-0.39, 0.29) is 17.6 Å². The van der Waals surface area contributed by atoms with Crippen molar-refractivity contribution in [3.63, 3.8) is 0 Å². The van der Waals surface area contributed by atoms with Gasteiger partial charge in [0, 0.05) is 11.3 Å². The average molecular weight is 471 g/mol. The zero-order chi connectivity index (χ0) is 23.5. The molecule has 0 bridgehead atoms. The van der Waals surface area contributed by atoms with E-state index in [9.17, 15) is 9.59 Å². The maximum absolute atomic E-state index is 13.4. The van der Waals surface area contributed by atoms with Crippen LogP contribution in [0.15, 0.2) is 88.8 Å². The molecule has 0 saturated heterocycles. The van der Waals surface area contributed by atoms with Gasteiger partial charge in [-0.1, -0.05) is 54.2 Å². The lowest BCUT2D eigenvalue weighted by Crippen LogP contribution is -2.40. The number of ether oxygens (including phenoxy) is 1. The molecular formula is C26H22N4O3S. The highest BCUT2D eigenvalue weighted by atomic mass is 32.2. The molecule has 0 aliphatic carbocycles. The zero-order valence-electron chi connectivity index (χ0n) is 18.5. The summed E-state index contributed by atoms with van der Waals surface area (Å²) < 4.78 is 5.43. The number of amides is 2. The number of nitrogens with one attached hydrogen (secondary N) is 1. The number of thioether (sulfide) groups is 1. The third-order valence-corrected chi connectivity index (χ3v) is 6.31. The van der Waals surface area contributed by atoms with Crippen molar-refractivity contribution in [1.82, 2.24) is 4.90 Å². The van der Waals surface area contributed by atoms with Crippen molar-refractivity contribution in [3.8, 4) is 5.75 Å². The van der Waals surface area contributed by atoms with Crippen LogP contribution in [0.5, 0.6) is 5.75 Å². The second kappa shape index (κ2) is 9.52. The molecule has 0 saturated carbocycles. The molecule has 2 aliphatic rings. The number of nitrogens with zero attached hydrogens (tertiary/aromatic N) is 3. The van der Waals surface area contributed by atoms with Gasteiger partial charge in [0.1, 0.15) is 11.6 Å². The Morgan fingerprint density at radius 3 is 2.53 bits per heavy atom. The van der Waals surface area contributed by atoms with E-state index in [0.29, 0.717) is 23.3 Å². The van der Waals surface area contributed by atoms with E-state index in [1.165, 1.54) is 16.7 Å². The molecule has 7 nitrogen and oxygen atoms in total. The Hall–Kier alpha value is -3.91. The Bertz CT molecular complexity index is 1290. The van der Waals surface area contributed by atoms with E-state index in [4.69, 9.17) is 9.73 Å². The molecule has 3 aromatic carbocycles. The van der Waals surface area contributed by atoms with E-state index in [1.54, 1.807) is 12.1 Å². The minimum absolute atomic E-state index is 0.0985. The van der Waals surface area contributed by atoms with Crippen molar-refractivity contribution < 1.29 is 14.3 Å². The number of aliphatic imine (C=N–C) groups is 2. The smallest absolute Gasteiger partial charge is 0.263 e. The van der Waals surface area contributed by atoms with Gasteiger partial charge in [0.05, 0.1) is 18.0 Å². The van der Waals surface area contributed by atoms with Crippen LogP contribution in [0.1, 0.15) is 24.1 Å². The van der Waals surface area contributed by atoms with Crippen LogP contribution in [-0.2, 0) is 9.59 Å². The lowest BCUT2D eigenvalue weighted by atomic mass is 10.1. The molecule has 0 aromatic heterocycles. The van der Waals surface area contributed by atoms with E-state index in [1.807, 2.05) is 73.7 Å². The van der Waals surface area contributed by atoms with E-state index in [0.717, 1.165) is 22.6 Å². The van der Waals surface area contributed by atoms with Gasteiger partial charge in [-0.15, -0.1) is 0 Å². The van der Waals surface area contributed by atoms with Gasteiger partial charge in [-0.05, 0) is 48.9 Å². The van der Waals surface area contributed by atoms with Gasteiger partial charge in [0.25, 0.3) is 5.91 Å². The SMILES string of the molecule is CCOc1ccc(NC(=O)CSC2=Nc3ccccc3C3=N[C@H](c4ccccc4)C(=O)N23)cc1. The fraction of sp³-hybridized carbons (Fsp3) is 0.154. The summed E-state index contributed by atoms with van der Waals surface area (Å²) in [6, 6.07) is 23.6. The van der Waals surface area contributed by atoms with Crippen LogP contribution in [-0.4, -0.2) is 40.1 Å². The maximum Gasteiger partial charge on any atom is 0.263 e. The van der Waals surface area contributed by atoms with Crippen molar-refractivity contribution >= 4 is 46.0 Å². The van der Waals surface area contributed by atoms with Crippen molar-refractivity contribution in [2.75, 3.05) is 17.7 Å². The predicted molar refractivity (Wildman–Crippen MR) is 135 cm³/mol. The van der Waals surface area contributed by atoms with Gasteiger partial charge in [-0.3, -0.25) is 9.59 Å². The minimum atomic E-state index is -0.633. The Balaban J connectivity index is 1.34. The normalized spacial score (nSPS) is 16.3. The van der Waals surface area contributed by atoms with Crippen LogP contribution in [0.25, 0.3) is 0 Å². The second-order valence-electron chi connectivity index (χ2n) is 7.65. The largest absolute Gasteiger partial charge is 0.494 e. The van der Waals surface area contributed by atoms with Gasteiger partial charge < -0.3 is 10.1 Å². The van der Waals surface area contributed by atoms with Crippen LogP contribution in [0, 0.1) is 0 Å². The second-order valence-corrected chi connectivity index (χ2v) is 8.59. The molecule has 2 heterocycles. The topological polar surface area (TPSA) is 83.4 Å². The third kappa shape index (κ3) is 4.32. The zero-order valence-corrected chi connectivity index (χ0v) is 19.3.